The van der Waals surface area contributed by atoms with Crippen LogP contribution in [0.4, 0.5) is 5.82 Å². The molecule has 1 fully saturated rings. The number of fused-ring (bicyclic) bond motifs is 1. The molecule has 33 heavy (non-hydrogen) atoms. The first-order chi connectivity index (χ1) is 15.8. The number of nitrogens with zero attached hydrogens (tertiary/aromatic N) is 5. The summed E-state index contributed by atoms with van der Waals surface area (Å²) in [5, 5.41) is 16.8. The number of pyridine rings is 1. The minimum absolute atomic E-state index is 0.0494. The summed E-state index contributed by atoms with van der Waals surface area (Å²) in [6.45, 7) is 9.31. The Hall–Kier alpha value is -3.75. The van der Waals surface area contributed by atoms with E-state index in [1.807, 2.05) is 35.2 Å². The normalized spacial score (nSPS) is 16.5. The van der Waals surface area contributed by atoms with Gasteiger partial charge in [0.1, 0.15) is 11.5 Å². The smallest absolute Gasteiger partial charge is 0.274 e. The van der Waals surface area contributed by atoms with Crippen LogP contribution in [0.25, 0.3) is 22.2 Å². The maximum atomic E-state index is 13.0. The van der Waals surface area contributed by atoms with E-state index in [4.69, 9.17) is 4.52 Å². The van der Waals surface area contributed by atoms with Crippen molar-refractivity contribution >= 4 is 22.5 Å². The number of nitrogens with one attached hydrogen (secondary N) is 2. The zero-order chi connectivity index (χ0) is 23.2. The molecule has 1 aliphatic heterocycles. The number of aromatic nitrogens is 5. The number of hydrogen-bond donors (Lipinski definition) is 2. The van der Waals surface area contributed by atoms with Gasteiger partial charge in [-0.3, -0.25) is 9.89 Å². The molecule has 0 aliphatic carbocycles. The number of carbonyl (C=O) groups is 1. The molecule has 9 heteroatoms. The van der Waals surface area contributed by atoms with Crippen molar-refractivity contribution in [1.82, 2.24) is 30.2 Å². The third-order valence-electron chi connectivity index (χ3n) is 5.97. The van der Waals surface area contributed by atoms with Crippen LogP contribution < -0.4 is 5.32 Å². The lowest BCUT2D eigenvalue weighted by Crippen LogP contribution is -2.32. The van der Waals surface area contributed by atoms with Gasteiger partial charge in [0.2, 0.25) is 11.7 Å². The summed E-state index contributed by atoms with van der Waals surface area (Å²) in [6.07, 6.45) is 2.63. The number of hydrogen-bond acceptors (Lipinski definition) is 7. The molecule has 3 aromatic heterocycles. The van der Waals surface area contributed by atoms with Crippen molar-refractivity contribution in [2.75, 3.05) is 18.4 Å². The zero-order valence-electron chi connectivity index (χ0n) is 19.2. The van der Waals surface area contributed by atoms with Crippen molar-refractivity contribution in [3.05, 3.63) is 53.8 Å². The number of rotatable bonds is 4. The van der Waals surface area contributed by atoms with Crippen molar-refractivity contribution < 1.29 is 9.32 Å². The predicted molar refractivity (Wildman–Crippen MR) is 125 cm³/mol. The third kappa shape index (κ3) is 4.18. The van der Waals surface area contributed by atoms with Gasteiger partial charge in [0.25, 0.3) is 5.91 Å². The Labute approximate surface area is 191 Å². The number of H-pyrrole nitrogens is 1. The predicted octanol–water partition coefficient (Wildman–Crippen LogP) is 3.94. The average molecular weight is 446 g/mol. The number of amides is 1. The minimum atomic E-state index is -0.0836. The first-order valence-corrected chi connectivity index (χ1v) is 11.1. The van der Waals surface area contributed by atoms with Crippen LogP contribution in [0, 0.1) is 6.92 Å². The Morgan fingerprint density at radius 3 is 2.82 bits per heavy atom. The average Bonchev–Trinajstić information content (AvgIpc) is 3.54. The maximum absolute atomic E-state index is 13.0. The van der Waals surface area contributed by atoms with Gasteiger partial charge in [0, 0.05) is 54.3 Å². The highest BCUT2D eigenvalue weighted by molar-refractivity contribution is 5.95. The van der Waals surface area contributed by atoms with Gasteiger partial charge >= 0.3 is 0 Å². The summed E-state index contributed by atoms with van der Waals surface area (Å²) in [5.74, 6) is 1.81. The lowest BCUT2D eigenvalue weighted by Gasteiger charge is -2.17. The van der Waals surface area contributed by atoms with Crippen LogP contribution in [-0.4, -0.2) is 55.3 Å². The van der Waals surface area contributed by atoms with E-state index in [2.05, 4.69) is 51.4 Å². The largest absolute Gasteiger partial charge is 0.365 e. The second-order valence-electron chi connectivity index (χ2n) is 9.53. The SMILES string of the molecule is Cc1nc(-c2ccc3ccnc(N[C@H]4CCN(C(=O)c5cc(C(C)(C)C)[nH]n5)C4)c3c2)no1. The summed E-state index contributed by atoms with van der Waals surface area (Å²) in [7, 11) is 0. The summed E-state index contributed by atoms with van der Waals surface area (Å²) >= 11 is 0. The molecule has 0 spiro atoms. The first kappa shape index (κ1) is 21.1. The molecule has 4 aromatic rings. The molecule has 0 radical (unpaired) electrons. The molecule has 1 atom stereocenters. The van der Waals surface area contributed by atoms with Crippen molar-refractivity contribution in [3.8, 4) is 11.4 Å². The molecule has 0 saturated carbocycles. The molecule has 170 valence electrons. The second-order valence-corrected chi connectivity index (χ2v) is 9.53. The number of likely N-dealkylation sites (tertiary alicyclic amines) is 1. The fourth-order valence-corrected chi connectivity index (χ4v) is 4.07. The van der Waals surface area contributed by atoms with E-state index in [-0.39, 0.29) is 17.4 Å². The van der Waals surface area contributed by atoms with E-state index in [0.29, 0.717) is 30.5 Å². The second kappa shape index (κ2) is 7.99. The number of aryl methyl sites for hydroxylation is 1. The fourth-order valence-electron chi connectivity index (χ4n) is 4.07. The number of anilines is 1. The Kier molecular flexibility index (Phi) is 5.11. The van der Waals surface area contributed by atoms with E-state index >= 15 is 0 Å². The van der Waals surface area contributed by atoms with Gasteiger partial charge < -0.3 is 14.7 Å². The van der Waals surface area contributed by atoms with Crippen LogP contribution in [0.1, 0.15) is 49.3 Å². The molecule has 4 heterocycles. The molecule has 9 nitrogen and oxygen atoms in total. The Morgan fingerprint density at radius 1 is 1.24 bits per heavy atom. The van der Waals surface area contributed by atoms with Crippen LogP contribution in [0.15, 0.2) is 41.1 Å². The van der Waals surface area contributed by atoms with Crippen LogP contribution >= 0.6 is 0 Å². The van der Waals surface area contributed by atoms with E-state index < -0.39 is 0 Å². The monoisotopic (exact) mass is 445 g/mol. The van der Waals surface area contributed by atoms with Crippen molar-refractivity contribution in [2.45, 2.75) is 45.6 Å². The molecule has 1 aromatic carbocycles. The molecule has 1 saturated heterocycles. The minimum Gasteiger partial charge on any atom is -0.365 e. The Bertz CT molecular complexity index is 1320. The quantitative estimate of drug-likeness (QED) is 0.489. The van der Waals surface area contributed by atoms with Crippen LogP contribution in [0.3, 0.4) is 0 Å². The van der Waals surface area contributed by atoms with Gasteiger partial charge in [-0.05, 0) is 30.0 Å². The van der Waals surface area contributed by atoms with Crippen LogP contribution in [0.2, 0.25) is 0 Å². The lowest BCUT2D eigenvalue weighted by atomic mass is 9.92. The molecule has 2 N–H and O–H groups in total. The zero-order valence-corrected chi connectivity index (χ0v) is 19.2. The van der Waals surface area contributed by atoms with E-state index in [1.54, 1.807) is 13.1 Å². The van der Waals surface area contributed by atoms with Crippen molar-refractivity contribution in [3.63, 3.8) is 0 Å². The van der Waals surface area contributed by atoms with Crippen LogP contribution in [0.5, 0.6) is 0 Å². The molecule has 1 amide bonds. The fraction of sp³-hybridized carbons (Fsp3) is 0.375. The molecule has 0 bridgehead atoms. The Morgan fingerprint density at radius 2 is 2.09 bits per heavy atom. The molecular formula is C24H27N7O2. The maximum Gasteiger partial charge on any atom is 0.274 e. The molecule has 5 rings (SSSR count). The Balaban J connectivity index is 1.33. The van der Waals surface area contributed by atoms with Gasteiger partial charge in [-0.25, -0.2) is 4.98 Å². The van der Waals surface area contributed by atoms with Crippen molar-refractivity contribution in [2.24, 2.45) is 0 Å². The van der Waals surface area contributed by atoms with Gasteiger partial charge in [0.15, 0.2) is 0 Å². The lowest BCUT2D eigenvalue weighted by molar-refractivity contribution is 0.0785. The highest BCUT2D eigenvalue weighted by Crippen LogP contribution is 2.28. The summed E-state index contributed by atoms with van der Waals surface area (Å²) in [6, 6.07) is 9.95. The summed E-state index contributed by atoms with van der Waals surface area (Å²) in [5.41, 5.74) is 2.20. The van der Waals surface area contributed by atoms with Gasteiger partial charge in [0.05, 0.1) is 0 Å². The topological polar surface area (TPSA) is 113 Å². The number of aromatic amines is 1. The molecule has 1 aliphatic rings. The first-order valence-electron chi connectivity index (χ1n) is 11.1. The third-order valence-corrected chi connectivity index (χ3v) is 5.97. The van der Waals surface area contributed by atoms with E-state index in [0.717, 1.165) is 34.3 Å². The molecule has 0 unspecified atom stereocenters. The summed E-state index contributed by atoms with van der Waals surface area (Å²) in [4.78, 5) is 23.7. The van der Waals surface area contributed by atoms with Crippen LogP contribution in [-0.2, 0) is 5.41 Å². The molecular weight excluding hydrogens is 418 g/mol. The van der Waals surface area contributed by atoms with Gasteiger partial charge in [-0.1, -0.05) is 38.1 Å². The highest BCUT2D eigenvalue weighted by Gasteiger charge is 2.29. The van der Waals surface area contributed by atoms with Gasteiger partial charge in [-0.2, -0.15) is 10.1 Å². The van der Waals surface area contributed by atoms with Crippen molar-refractivity contribution in [1.29, 1.82) is 0 Å². The number of benzene rings is 1. The number of carbonyl (C=O) groups excluding carboxylic acids is 1. The standard InChI is InChI=1S/C24H27N7O2/c1-14-26-21(30-33-14)16-6-5-15-7-9-25-22(18(15)11-16)27-17-8-10-31(13-17)23(32)19-12-20(29-28-19)24(2,3)4/h5-7,9,11-12,17H,8,10,13H2,1-4H3,(H,25,27)(H,28,29)/t17-/m0/s1. The highest BCUT2D eigenvalue weighted by atomic mass is 16.5. The summed E-state index contributed by atoms with van der Waals surface area (Å²) < 4.78 is 5.12. The van der Waals surface area contributed by atoms with E-state index in [9.17, 15) is 4.79 Å². The van der Waals surface area contributed by atoms with E-state index in [1.165, 1.54) is 0 Å². The van der Waals surface area contributed by atoms with Gasteiger partial charge in [-0.15, -0.1) is 0 Å².